The topological polar surface area (TPSA) is 50.4 Å². The largest absolute Gasteiger partial charge is 0.370 e. The van der Waals surface area contributed by atoms with Crippen molar-refractivity contribution in [3.63, 3.8) is 0 Å². The molecule has 1 aromatic rings. The van der Waals surface area contributed by atoms with Gasteiger partial charge in [-0.2, -0.15) is 0 Å². The molecule has 0 aliphatic rings. The Balaban J connectivity index is 2.76. The van der Waals surface area contributed by atoms with Gasteiger partial charge >= 0.3 is 0 Å². The van der Waals surface area contributed by atoms with Gasteiger partial charge < -0.3 is 11.1 Å². The van der Waals surface area contributed by atoms with E-state index >= 15 is 0 Å². The normalized spacial score (nSPS) is 14.4. The summed E-state index contributed by atoms with van der Waals surface area (Å²) in [5.41, 5.74) is 5.66. The molecule has 4 heteroatoms. The van der Waals surface area contributed by atoms with Crippen LogP contribution in [-0.4, -0.2) is 13.0 Å². The summed E-state index contributed by atoms with van der Waals surface area (Å²) >= 11 is 1.74. The van der Waals surface area contributed by atoms with Crippen LogP contribution in [-0.2, 0) is 0 Å². The first-order valence-corrected chi connectivity index (χ1v) is 5.55. The van der Waals surface area contributed by atoms with Crippen molar-refractivity contribution in [1.29, 1.82) is 0 Å². The highest BCUT2D eigenvalue weighted by Gasteiger charge is 2.16. The summed E-state index contributed by atoms with van der Waals surface area (Å²) in [5.74, 6) is 0.992. The van der Waals surface area contributed by atoms with Crippen LogP contribution in [0.5, 0.6) is 0 Å². The van der Waals surface area contributed by atoms with Crippen LogP contribution in [0.15, 0.2) is 22.5 Å². The van der Waals surface area contributed by atoms with Gasteiger partial charge in [0.2, 0.25) is 0 Å². The smallest absolute Gasteiger partial charge is 0.188 e. The molecule has 0 fully saturated rings. The van der Waals surface area contributed by atoms with E-state index in [1.165, 1.54) is 4.88 Å². The minimum absolute atomic E-state index is 0.263. The lowest BCUT2D eigenvalue weighted by atomic mass is 10.0. The first kappa shape index (κ1) is 11.0. The lowest BCUT2D eigenvalue weighted by Crippen LogP contribution is -2.36. The number of hydrogen-bond acceptors (Lipinski definition) is 2. The molecule has 1 unspecified atom stereocenters. The van der Waals surface area contributed by atoms with Crippen molar-refractivity contribution in [2.45, 2.75) is 19.9 Å². The minimum Gasteiger partial charge on any atom is -0.370 e. The van der Waals surface area contributed by atoms with E-state index in [1.54, 1.807) is 18.4 Å². The lowest BCUT2D eigenvalue weighted by Gasteiger charge is -2.21. The maximum absolute atomic E-state index is 5.66. The summed E-state index contributed by atoms with van der Waals surface area (Å²) in [7, 11) is 1.69. The second-order valence-electron chi connectivity index (χ2n) is 3.49. The van der Waals surface area contributed by atoms with Crippen molar-refractivity contribution in [2.75, 3.05) is 7.05 Å². The van der Waals surface area contributed by atoms with Gasteiger partial charge in [-0.05, 0) is 17.4 Å². The Hall–Kier alpha value is -1.03. The van der Waals surface area contributed by atoms with Crippen LogP contribution >= 0.6 is 11.3 Å². The van der Waals surface area contributed by atoms with E-state index in [9.17, 15) is 0 Å². The molecule has 0 radical (unpaired) electrons. The second-order valence-corrected chi connectivity index (χ2v) is 4.47. The molecule has 0 bridgehead atoms. The van der Waals surface area contributed by atoms with Gasteiger partial charge in [0.05, 0.1) is 6.04 Å². The van der Waals surface area contributed by atoms with Crippen molar-refractivity contribution >= 4 is 17.3 Å². The second kappa shape index (κ2) is 5.00. The summed E-state index contributed by atoms with van der Waals surface area (Å²) in [6, 6.07) is 4.43. The first-order valence-electron chi connectivity index (χ1n) is 4.67. The third-order valence-electron chi connectivity index (χ3n) is 2.06. The van der Waals surface area contributed by atoms with Crippen LogP contribution in [0, 0.1) is 5.92 Å². The van der Waals surface area contributed by atoms with Gasteiger partial charge in [-0.1, -0.05) is 19.9 Å². The average molecular weight is 211 g/mol. The van der Waals surface area contributed by atoms with Crippen LogP contribution < -0.4 is 11.1 Å². The molecular weight excluding hydrogens is 194 g/mol. The van der Waals surface area contributed by atoms with Crippen LogP contribution in [0.3, 0.4) is 0 Å². The maximum atomic E-state index is 5.66. The van der Waals surface area contributed by atoms with E-state index in [-0.39, 0.29) is 6.04 Å². The fraction of sp³-hybridized carbons (Fsp3) is 0.500. The van der Waals surface area contributed by atoms with E-state index < -0.39 is 0 Å². The summed E-state index contributed by atoms with van der Waals surface area (Å²) in [5, 5.41) is 5.28. The van der Waals surface area contributed by atoms with E-state index in [0.717, 1.165) is 0 Å². The number of nitrogens with one attached hydrogen (secondary N) is 1. The van der Waals surface area contributed by atoms with Crippen LogP contribution in [0.25, 0.3) is 0 Å². The number of nitrogens with zero attached hydrogens (tertiary/aromatic N) is 1. The molecule has 3 nitrogen and oxygen atoms in total. The molecule has 0 saturated carbocycles. The summed E-state index contributed by atoms with van der Waals surface area (Å²) in [6.07, 6.45) is 0. The van der Waals surface area contributed by atoms with Crippen molar-refractivity contribution in [2.24, 2.45) is 16.6 Å². The number of hydrogen-bond donors (Lipinski definition) is 2. The van der Waals surface area contributed by atoms with Crippen molar-refractivity contribution < 1.29 is 0 Å². The Labute approximate surface area is 89.0 Å². The average Bonchev–Trinajstić information content (AvgIpc) is 2.65. The Bertz CT molecular complexity index is 290. The van der Waals surface area contributed by atoms with Crippen molar-refractivity contribution in [1.82, 2.24) is 5.32 Å². The van der Waals surface area contributed by atoms with Gasteiger partial charge in [-0.15, -0.1) is 11.3 Å². The van der Waals surface area contributed by atoms with Gasteiger partial charge in [-0.3, -0.25) is 4.99 Å². The van der Waals surface area contributed by atoms with Gasteiger partial charge in [0.1, 0.15) is 0 Å². The Morgan fingerprint density at radius 3 is 2.71 bits per heavy atom. The highest BCUT2D eigenvalue weighted by molar-refractivity contribution is 7.10. The van der Waals surface area contributed by atoms with Crippen LogP contribution in [0.4, 0.5) is 0 Å². The van der Waals surface area contributed by atoms with Gasteiger partial charge in [0.15, 0.2) is 5.96 Å². The number of rotatable bonds is 3. The molecule has 78 valence electrons. The fourth-order valence-corrected chi connectivity index (χ4v) is 2.21. The van der Waals surface area contributed by atoms with E-state index in [4.69, 9.17) is 5.73 Å². The molecule has 14 heavy (non-hydrogen) atoms. The van der Waals surface area contributed by atoms with Gasteiger partial charge in [0.25, 0.3) is 0 Å². The van der Waals surface area contributed by atoms with E-state index in [2.05, 4.69) is 41.7 Å². The Morgan fingerprint density at radius 1 is 1.57 bits per heavy atom. The molecule has 0 saturated heterocycles. The fourth-order valence-electron chi connectivity index (χ4n) is 1.26. The zero-order valence-electron chi connectivity index (χ0n) is 8.82. The molecular formula is C10H17N3S. The number of nitrogens with two attached hydrogens (primary N) is 1. The Kier molecular flexibility index (Phi) is 3.95. The summed E-state index contributed by atoms with van der Waals surface area (Å²) in [6.45, 7) is 4.33. The summed E-state index contributed by atoms with van der Waals surface area (Å²) < 4.78 is 0. The predicted molar refractivity (Wildman–Crippen MR) is 62.6 cm³/mol. The number of aliphatic imine (C=N–C) groups is 1. The Morgan fingerprint density at radius 2 is 2.29 bits per heavy atom. The van der Waals surface area contributed by atoms with Gasteiger partial charge in [-0.25, -0.2) is 0 Å². The molecule has 0 aliphatic carbocycles. The zero-order chi connectivity index (χ0) is 10.6. The zero-order valence-corrected chi connectivity index (χ0v) is 9.64. The molecule has 0 aromatic carbocycles. The molecule has 0 amide bonds. The predicted octanol–water partition coefficient (Wildman–Crippen LogP) is 1.98. The molecule has 0 aliphatic heterocycles. The third kappa shape index (κ3) is 2.73. The quantitative estimate of drug-likeness (QED) is 0.593. The van der Waals surface area contributed by atoms with Gasteiger partial charge in [0, 0.05) is 11.9 Å². The number of thiophene rings is 1. The molecule has 0 spiro atoms. The van der Waals surface area contributed by atoms with Crippen LogP contribution in [0.1, 0.15) is 24.8 Å². The van der Waals surface area contributed by atoms with Crippen molar-refractivity contribution in [3.8, 4) is 0 Å². The number of guanidine groups is 1. The highest BCUT2D eigenvalue weighted by Crippen LogP contribution is 2.25. The highest BCUT2D eigenvalue weighted by atomic mass is 32.1. The molecule has 3 N–H and O–H groups in total. The molecule has 1 aromatic heterocycles. The lowest BCUT2D eigenvalue weighted by molar-refractivity contribution is 0.477. The minimum atomic E-state index is 0.263. The molecule has 1 heterocycles. The SMILES string of the molecule is CN=C(N)NC(c1cccs1)C(C)C. The van der Waals surface area contributed by atoms with Crippen molar-refractivity contribution in [3.05, 3.63) is 22.4 Å². The first-order chi connectivity index (χ1) is 6.65. The standard InChI is InChI=1S/C10H17N3S/c1-7(2)9(13-10(11)12-3)8-5-4-6-14-8/h4-7,9H,1-3H3,(H3,11,12,13). The molecule has 1 atom stereocenters. The van der Waals surface area contributed by atoms with E-state index in [0.29, 0.717) is 11.9 Å². The molecule has 1 rings (SSSR count). The van der Waals surface area contributed by atoms with Crippen LogP contribution in [0.2, 0.25) is 0 Å². The summed E-state index contributed by atoms with van der Waals surface area (Å²) in [4.78, 5) is 5.21. The van der Waals surface area contributed by atoms with E-state index in [1.807, 2.05) is 0 Å². The maximum Gasteiger partial charge on any atom is 0.188 e. The monoisotopic (exact) mass is 211 g/mol. The third-order valence-corrected chi connectivity index (χ3v) is 3.02.